The summed E-state index contributed by atoms with van der Waals surface area (Å²) in [6, 6.07) is 14.1. The SMILES string of the molecule is CCCn1nc(C(=O)Nc2cccc(OC)c2)c2ccccc2c1=O. The van der Waals surface area contributed by atoms with E-state index in [4.69, 9.17) is 4.74 Å². The highest BCUT2D eigenvalue weighted by atomic mass is 16.5. The molecule has 0 atom stereocenters. The number of ether oxygens (including phenoxy) is 1. The number of nitrogens with one attached hydrogen (secondary N) is 1. The zero-order chi connectivity index (χ0) is 17.8. The largest absolute Gasteiger partial charge is 0.497 e. The second-order valence-corrected chi connectivity index (χ2v) is 5.61. The van der Waals surface area contributed by atoms with E-state index in [9.17, 15) is 9.59 Å². The number of carbonyl (C=O) groups is 1. The van der Waals surface area contributed by atoms with Crippen LogP contribution in [-0.2, 0) is 6.54 Å². The Morgan fingerprint density at radius 3 is 2.64 bits per heavy atom. The summed E-state index contributed by atoms with van der Waals surface area (Å²) in [5.41, 5.74) is 0.644. The van der Waals surface area contributed by atoms with Gasteiger partial charge in [0.05, 0.1) is 12.5 Å². The van der Waals surface area contributed by atoms with Gasteiger partial charge in [-0.25, -0.2) is 4.68 Å². The highest BCUT2D eigenvalue weighted by Gasteiger charge is 2.16. The second kappa shape index (κ2) is 7.17. The Morgan fingerprint density at radius 1 is 1.16 bits per heavy atom. The van der Waals surface area contributed by atoms with Crippen molar-refractivity contribution < 1.29 is 9.53 Å². The molecule has 0 spiro atoms. The number of hydrogen-bond acceptors (Lipinski definition) is 4. The first-order valence-electron chi connectivity index (χ1n) is 8.09. The first-order chi connectivity index (χ1) is 12.1. The van der Waals surface area contributed by atoms with Crippen LogP contribution < -0.4 is 15.6 Å². The molecule has 0 aliphatic carbocycles. The van der Waals surface area contributed by atoms with Crippen molar-refractivity contribution in [3.63, 3.8) is 0 Å². The number of methoxy groups -OCH3 is 1. The number of carbonyl (C=O) groups excluding carboxylic acids is 1. The Balaban J connectivity index is 2.05. The van der Waals surface area contributed by atoms with E-state index < -0.39 is 0 Å². The van der Waals surface area contributed by atoms with Crippen molar-refractivity contribution in [1.29, 1.82) is 0 Å². The highest BCUT2D eigenvalue weighted by molar-refractivity contribution is 6.11. The number of anilines is 1. The monoisotopic (exact) mass is 337 g/mol. The van der Waals surface area contributed by atoms with Crippen molar-refractivity contribution in [2.24, 2.45) is 0 Å². The van der Waals surface area contributed by atoms with E-state index >= 15 is 0 Å². The Kier molecular flexibility index (Phi) is 4.79. The topological polar surface area (TPSA) is 73.2 Å². The van der Waals surface area contributed by atoms with E-state index in [2.05, 4.69) is 10.4 Å². The van der Waals surface area contributed by atoms with Crippen molar-refractivity contribution in [1.82, 2.24) is 9.78 Å². The van der Waals surface area contributed by atoms with Gasteiger partial charge < -0.3 is 10.1 Å². The molecule has 128 valence electrons. The van der Waals surface area contributed by atoms with Crippen LogP contribution in [0.5, 0.6) is 5.75 Å². The van der Waals surface area contributed by atoms with E-state index in [0.717, 1.165) is 6.42 Å². The molecule has 2 aromatic carbocycles. The number of amides is 1. The van der Waals surface area contributed by atoms with Crippen LogP contribution in [0.4, 0.5) is 5.69 Å². The van der Waals surface area contributed by atoms with Crippen molar-refractivity contribution in [3.8, 4) is 5.75 Å². The zero-order valence-electron chi connectivity index (χ0n) is 14.2. The maximum Gasteiger partial charge on any atom is 0.276 e. The fourth-order valence-corrected chi connectivity index (χ4v) is 2.66. The minimum atomic E-state index is -0.366. The smallest absolute Gasteiger partial charge is 0.276 e. The number of aryl methyl sites for hydroxylation is 1. The molecule has 1 heterocycles. The van der Waals surface area contributed by atoms with Gasteiger partial charge >= 0.3 is 0 Å². The molecule has 1 amide bonds. The van der Waals surface area contributed by atoms with Crippen LogP contribution in [0.15, 0.2) is 53.3 Å². The molecule has 0 saturated heterocycles. The number of aromatic nitrogens is 2. The predicted octanol–water partition coefficient (Wildman–Crippen LogP) is 3.07. The van der Waals surface area contributed by atoms with Gasteiger partial charge in [-0.3, -0.25) is 9.59 Å². The van der Waals surface area contributed by atoms with Crippen LogP contribution in [0.1, 0.15) is 23.8 Å². The molecule has 0 saturated carbocycles. The summed E-state index contributed by atoms with van der Waals surface area (Å²) < 4.78 is 6.52. The zero-order valence-corrected chi connectivity index (χ0v) is 14.2. The van der Waals surface area contributed by atoms with Gasteiger partial charge in [0.1, 0.15) is 5.75 Å². The molecule has 1 N–H and O–H groups in total. The molecule has 0 bridgehead atoms. The third-order valence-electron chi connectivity index (χ3n) is 3.85. The maximum absolute atomic E-state index is 12.8. The van der Waals surface area contributed by atoms with E-state index in [1.54, 1.807) is 55.6 Å². The summed E-state index contributed by atoms with van der Waals surface area (Å²) in [6.45, 7) is 2.42. The molecule has 0 aliphatic rings. The lowest BCUT2D eigenvalue weighted by atomic mass is 10.1. The molecule has 0 radical (unpaired) electrons. The van der Waals surface area contributed by atoms with Gasteiger partial charge in [-0.15, -0.1) is 0 Å². The third-order valence-corrected chi connectivity index (χ3v) is 3.85. The minimum absolute atomic E-state index is 0.185. The van der Waals surface area contributed by atoms with Crippen LogP contribution in [0.2, 0.25) is 0 Å². The summed E-state index contributed by atoms with van der Waals surface area (Å²) in [7, 11) is 1.57. The summed E-state index contributed by atoms with van der Waals surface area (Å²) >= 11 is 0. The van der Waals surface area contributed by atoms with Crippen molar-refractivity contribution in [2.45, 2.75) is 19.9 Å². The van der Waals surface area contributed by atoms with Gasteiger partial charge in [-0.2, -0.15) is 5.10 Å². The normalized spacial score (nSPS) is 10.6. The molecule has 0 fully saturated rings. The van der Waals surface area contributed by atoms with E-state index in [1.165, 1.54) is 4.68 Å². The van der Waals surface area contributed by atoms with E-state index in [1.807, 2.05) is 6.92 Å². The van der Waals surface area contributed by atoms with Crippen LogP contribution in [0.3, 0.4) is 0 Å². The molecule has 0 unspecified atom stereocenters. The second-order valence-electron chi connectivity index (χ2n) is 5.61. The average molecular weight is 337 g/mol. The lowest BCUT2D eigenvalue weighted by Gasteiger charge is -2.11. The molecule has 6 nitrogen and oxygen atoms in total. The van der Waals surface area contributed by atoms with E-state index in [-0.39, 0.29) is 17.2 Å². The number of fused-ring (bicyclic) bond motifs is 1. The van der Waals surface area contributed by atoms with Gasteiger partial charge in [0.15, 0.2) is 5.69 Å². The first-order valence-corrected chi connectivity index (χ1v) is 8.09. The number of rotatable bonds is 5. The number of nitrogens with zero attached hydrogens (tertiary/aromatic N) is 2. The molecule has 1 aromatic heterocycles. The van der Waals surface area contributed by atoms with Crippen molar-refractivity contribution in [3.05, 3.63) is 64.6 Å². The first kappa shape index (κ1) is 16.7. The molecular formula is C19H19N3O3. The van der Waals surface area contributed by atoms with Crippen LogP contribution in [-0.4, -0.2) is 22.8 Å². The van der Waals surface area contributed by atoms with Gasteiger partial charge in [0.25, 0.3) is 11.5 Å². The summed E-state index contributed by atoms with van der Waals surface area (Å²) in [5, 5.41) is 8.14. The third kappa shape index (κ3) is 3.38. The van der Waals surface area contributed by atoms with Gasteiger partial charge in [0.2, 0.25) is 0 Å². The number of benzene rings is 2. The predicted molar refractivity (Wildman–Crippen MR) is 97.2 cm³/mol. The summed E-state index contributed by atoms with van der Waals surface area (Å²) in [4.78, 5) is 25.3. The fourth-order valence-electron chi connectivity index (χ4n) is 2.66. The Morgan fingerprint density at radius 2 is 1.92 bits per heavy atom. The molecule has 3 aromatic rings. The molecular weight excluding hydrogens is 318 g/mol. The Labute approximate surface area is 145 Å². The van der Waals surface area contributed by atoms with Crippen LogP contribution in [0.25, 0.3) is 10.8 Å². The average Bonchev–Trinajstić information content (AvgIpc) is 2.64. The van der Waals surface area contributed by atoms with Gasteiger partial charge in [0, 0.05) is 23.7 Å². The molecule has 6 heteroatoms. The van der Waals surface area contributed by atoms with Crippen LogP contribution >= 0.6 is 0 Å². The molecule has 3 rings (SSSR count). The quantitative estimate of drug-likeness (QED) is 0.776. The van der Waals surface area contributed by atoms with Crippen LogP contribution in [0, 0.1) is 0 Å². The molecule has 0 aliphatic heterocycles. The maximum atomic E-state index is 12.8. The fraction of sp³-hybridized carbons (Fsp3) is 0.211. The van der Waals surface area contributed by atoms with Crippen molar-refractivity contribution in [2.75, 3.05) is 12.4 Å². The standard InChI is InChI=1S/C19H19N3O3/c1-3-11-22-19(24)16-10-5-4-9-15(16)17(21-22)18(23)20-13-7-6-8-14(12-13)25-2/h4-10,12H,3,11H2,1-2H3,(H,20,23). The minimum Gasteiger partial charge on any atom is -0.497 e. The van der Waals surface area contributed by atoms with Gasteiger partial charge in [-0.1, -0.05) is 31.2 Å². The lowest BCUT2D eigenvalue weighted by molar-refractivity contribution is 0.102. The number of hydrogen-bond donors (Lipinski definition) is 1. The summed E-state index contributed by atoms with van der Waals surface area (Å²) in [5.74, 6) is 0.279. The van der Waals surface area contributed by atoms with E-state index in [0.29, 0.717) is 28.8 Å². The Bertz CT molecular complexity index is 979. The van der Waals surface area contributed by atoms with Crippen molar-refractivity contribution >= 4 is 22.4 Å². The van der Waals surface area contributed by atoms with Gasteiger partial charge in [-0.05, 0) is 24.6 Å². The molecule has 25 heavy (non-hydrogen) atoms. The Hall–Kier alpha value is -3.15. The highest BCUT2D eigenvalue weighted by Crippen LogP contribution is 2.19. The summed E-state index contributed by atoms with van der Waals surface area (Å²) in [6.07, 6.45) is 0.752. The lowest BCUT2D eigenvalue weighted by Crippen LogP contribution is -2.27.